The van der Waals surface area contributed by atoms with Crippen LogP contribution in [-0.4, -0.2) is 27.4 Å². The molecule has 1 aromatic carbocycles. The van der Waals surface area contributed by atoms with Gasteiger partial charge in [-0.15, -0.1) is 5.10 Å². The summed E-state index contributed by atoms with van der Waals surface area (Å²) in [5.41, 5.74) is 1.60. The number of hydrogen-bond acceptors (Lipinski definition) is 5. The molecule has 0 saturated carbocycles. The van der Waals surface area contributed by atoms with Crippen LogP contribution in [0.1, 0.15) is 21.1 Å². The summed E-state index contributed by atoms with van der Waals surface area (Å²) in [6.07, 6.45) is 0. The fourth-order valence-electron chi connectivity index (χ4n) is 2.13. The summed E-state index contributed by atoms with van der Waals surface area (Å²) < 4.78 is 9.56. The third-order valence-electron chi connectivity index (χ3n) is 3.43. The molecule has 3 aromatic rings. The summed E-state index contributed by atoms with van der Waals surface area (Å²) in [6, 6.07) is 10.8. The van der Waals surface area contributed by atoms with Gasteiger partial charge in [-0.05, 0) is 42.7 Å². The molecule has 0 aliphatic carbocycles. The Morgan fingerprint density at radius 3 is 2.78 bits per heavy atom. The number of carbonyl (C=O) groups is 1. The van der Waals surface area contributed by atoms with Gasteiger partial charge in [0.25, 0.3) is 5.91 Å². The number of halogens is 1. The van der Waals surface area contributed by atoms with Crippen LogP contribution in [0.3, 0.4) is 0 Å². The molecule has 1 amide bonds. The molecule has 0 saturated heterocycles. The minimum Gasteiger partial charge on any atom is -0.451 e. The van der Waals surface area contributed by atoms with Crippen molar-refractivity contribution in [2.45, 2.75) is 13.5 Å². The topological polar surface area (TPSA) is 59.2 Å². The molecule has 3 rings (SSSR count). The third-order valence-corrected chi connectivity index (χ3v) is 4.57. The van der Waals surface area contributed by atoms with Gasteiger partial charge in [-0.25, -0.2) is 0 Å². The van der Waals surface area contributed by atoms with Crippen LogP contribution in [0, 0.1) is 6.92 Å². The molecule has 0 aliphatic heterocycles. The Bertz CT molecular complexity index is 843. The smallest absolute Gasteiger partial charge is 0.289 e. The Hall–Kier alpha value is -2.18. The van der Waals surface area contributed by atoms with E-state index in [0.717, 1.165) is 16.1 Å². The molecule has 2 heterocycles. The zero-order chi connectivity index (χ0) is 16.4. The SMILES string of the molecule is Cc1nnsc1CN(C)C(=O)c1ccc(-c2ccccc2Cl)o1. The summed E-state index contributed by atoms with van der Waals surface area (Å²) >= 11 is 7.45. The molecule has 0 N–H and O–H groups in total. The average molecular weight is 348 g/mol. The molecule has 118 valence electrons. The first-order valence-electron chi connectivity index (χ1n) is 6.94. The zero-order valence-corrected chi connectivity index (χ0v) is 14.2. The third kappa shape index (κ3) is 3.28. The predicted octanol–water partition coefficient (Wildman–Crippen LogP) is 4.03. The number of amides is 1. The van der Waals surface area contributed by atoms with Crippen molar-refractivity contribution in [1.82, 2.24) is 14.5 Å². The number of benzene rings is 1. The quantitative estimate of drug-likeness (QED) is 0.714. The van der Waals surface area contributed by atoms with Crippen molar-refractivity contribution < 1.29 is 9.21 Å². The van der Waals surface area contributed by atoms with Gasteiger partial charge in [0.1, 0.15) is 5.76 Å². The Kier molecular flexibility index (Phi) is 4.45. The maximum absolute atomic E-state index is 12.5. The van der Waals surface area contributed by atoms with E-state index in [2.05, 4.69) is 9.59 Å². The Morgan fingerprint density at radius 1 is 1.30 bits per heavy atom. The number of nitrogens with zero attached hydrogens (tertiary/aromatic N) is 3. The maximum Gasteiger partial charge on any atom is 0.289 e. The minimum atomic E-state index is -0.198. The molecule has 0 aliphatic rings. The molecule has 5 nitrogen and oxygen atoms in total. The van der Waals surface area contributed by atoms with Gasteiger partial charge >= 0.3 is 0 Å². The Morgan fingerprint density at radius 2 is 2.09 bits per heavy atom. The summed E-state index contributed by atoms with van der Waals surface area (Å²) in [5, 5.41) is 4.53. The molecule has 2 aromatic heterocycles. The molecule has 0 unspecified atom stereocenters. The average Bonchev–Trinajstić information content (AvgIpc) is 3.17. The van der Waals surface area contributed by atoms with Gasteiger partial charge in [-0.2, -0.15) is 0 Å². The number of rotatable bonds is 4. The highest BCUT2D eigenvalue weighted by molar-refractivity contribution is 7.05. The maximum atomic E-state index is 12.5. The van der Waals surface area contributed by atoms with E-state index in [4.69, 9.17) is 16.0 Å². The molecule has 0 radical (unpaired) electrons. The van der Waals surface area contributed by atoms with E-state index in [1.54, 1.807) is 30.1 Å². The van der Waals surface area contributed by atoms with Gasteiger partial charge in [-0.3, -0.25) is 4.79 Å². The van der Waals surface area contributed by atoms with Crippen molar-refractivity contribution in [3.8, 4) is 11.3 Å². The van der Waals surface area contributed by atoms with E-state index in [1.807, 2.05) is 25.1 Å². The first-order valence-corrected chi connectivity index (χ1v) is 8.09. The first kappa shape index (κ1) is 15.7. The monoisotopic (exact) mass is 347 g/mol. The number of aryl methyl sites for hydroxylation is 1. The lowest BCUT2D eigenvalue weighted by Crippen LogP contribution is -2.25. The highest BCUT2D eigenvalue weighted by Crippen LogP contribution is 2.29. The van der Waals surface area contributed by atoms with Crippen LogP contribution >= 0.6 is 23.1 Å². The van der Waals surface area contributed by atoms with Crippen molar-refractivity contribution >= 4 is 29.0 Å². The van der Waals surface area contributed by atoms with E-state index in [1.165, 1.54) is 11.5 Å². The summed E-state index contributed by atoms with van der Waals surface area (Å²) in [5.74, 6) is 0.650. The number of furan rings is 1. The van der Waals surface area contributed by atoms with Gasteiger partial charge in [0.05, 0.1) is 22.1 Å². The van der Waals surface area contributed by atoms with Gasteiger partial charge in [0, 0.05) is 12.6 Å². The fraction of sp³-hybridized carbons (Fsp3) is 0.188. The molecular formula is C16H14ClN3O2S. The summed E-state index contributed by atoms with van der Waals surface area (Å²) in [4.78, 5) is 15.0. The standard InChI is InChI=1S/C16H14ClN3O2S/c1-10-15(23-19-18-10)9-20(2)16(21)14-8-7-13(22-14)11-5-3-4-6-12(11)17/h3-8H,9H2,1-2H3. The van der Waals surface area contributed by atoms with Crippen LogP contribution < -0.4 is 0 Å². The van der Waals surface area contributed by atoms with Crippen molar-refractivity contribution in [3.63, 3.8) is 0 Å². The van der Waals surface area contributed by atoms with E-state index in [0.29, 0.717) is 17.3 Å². The van der Waals surface area contributed by atoms with Crippen LogP contribution in [0.5, 0.6) is 0 Å². The van der Waals surface area contributed by atoms with Crippen molar-refractivity contribution in [2.75, 3.05) is 7.05 Å². The van der Waals surface area contributed by atoms with E-state index in [9.17, 15) is 4.79 Å². The van der Waals surface area contributed by atoms with Crippen molar-refractivity contribution in [2.24, 2.45) is 0 Å². The molecule has 0 spiro atoms. The largest absolute Gasteiger partial charge is 0.451 e. The van der Waals surface area contributed by atoms with Crippen molar-refractivity contribution in [1.29, 1.82) is 0 Å². The first-order chi connectivity index (χ1) is 11.1. The summed E-state index contributed by atoms with van der Waals surface area (Å²) in [6.45, 7) is 2.32. The van der Waals surface area contributed by atoms with Gasteiger partial charge < -0.3 is 9.32 Å². The lowest BCUT2D eigenvalue weighted by Gasteiger charge is -2.14. The number of hydrogen-bond donors (Lipinski definition) is 0. The molecule has 23 heavy (non-hydrogen) atoms. The second-order valence-corrected chi connectivity index (χ2v) is 6.33. The minimum absolute atomic E-state index is 0.198. The van der Waals surface area contributed by atoms with Crippen LogP contribution in [0.25, 0.3) is 11.3 Å². The molecule has 7 heteroatoms. The lowest BCUT2D eigenvalue weighted by molar-refractivity contribution is 0.0755. The highest BCUT2D eigenvalue weighted by Gasteiger charge is 2.19. The second-order valence-electron chi connectivity index (χ2n) is 5.09. The Balaban J connectivity index is 1.78. The molecular weight excluding hydrogens is 334 g/mol. The van der Waals surface area contributed by atoms with E-state index < -0.39 is 0 Å². The van der Waals surface area contributed by atoms with Gasteiger partial charge in [0.15, 0.2) is 5.76 Å². The molecule has 0 bridgehead atoms. The van der Waals surface area contributed by atoms with Crippen molar-refractivity contribution in [3.05, 3.63) is 57.8 Å². The predicted molar refractivity (Wildman–Crippen MR) is 89.6 cm³/mol. The van der Waals surface area contributed by atoms with E-state index in [-0.39, 0.29) is 11.7 Å². The van der Waals surface area contributed by atoms with Crippen LogP contribution in [0.15, 0.2) is 40.8 Å². The van der Waals surface area contributed by atoms with Gasteiger partial charge in [0.2, 0.25) is 0 Å². The van der Waals surface area contributed by atoms with Crippen LogP contribution in [0.2, 0.25) is 5.02 Å². The lowest BCUT2D eigenvalue weighted by atomic mass is 10.2. The summed E-state index contributed by atoms with van der Waals surface area (Å²) in [7, 11) is 1.72. The van der Waals surface area contributed by atoms with Crippen LogP contribution in [-0.2, 0) is 6.54 Å². The normalized spacial score (nSPS) is 10.7. The second kappa shape index (κ2) is 6.52. The Labute approximate surface area is 142 Å². The van der Waals surface area contributed by atoms with Crippen LogP contribution in [0.4, 0.5) is 0 Å². The van der Waals surface area contributed by atoms with E-state index >= 15 is 0 Å². The zero-order valence-electron chi connectivity index (χ0n) is 12.6. The van der Waals surface area contributed by atoms with Gasteiger partial charge in [-0.1, -0.05) is 28.2 Å². The molecule has 0 atom stereocenters. The number of carbonyl (C=O) groups excluding carboxylic acids is 1. The highest BCUT2D eigenvalue weighted by atomic mass is 35.5. The fourth-order valence-corrected chi connectivity index (χ4v) is 3.05. The molecule has 0 fully saturated rings. The number of aromatic nitrogens is 2.